The molecule has 0 aromatic heterocycles. The fourth-order valence-electron chi connectivity index (χ4n) is 4.57. The molecule has 10 heteroatoms. The summed E-state index contributed by atoms with van der Waals surface area (Å²) in [7, 11) is -1.97. The van der Waals surface area contributed by atoms with Crippen LogP contribution in [0.5, 0.6) is 0 Å². The van der Waals surface area contributed by atoms with E-state index >= 15 is 0 Å². The summed E-state index contributed by atoms with van der Waals surface area (Å²) in [5.74, 6) is -0.507. The lowest BCUT2D eigenvalue weighted by atomic mass is 9.90. The van der Waals surface area contributed by atoms with E-state index in [4.69, 9.17) is 19.4 Å². The number of amides is 1. The number of nitrogens with zero attached hydrogens (tertiary/aromatic N) is 4. The van der Waals surface area contributed by atoms with Gasteiger partial charge in [0.05, 0.1) is 12.6 Å². The lowest BCUT2D eigenvalue weighted by Crippen LogP contribution is -2.55. The Labute approximate surface area is 225 Å². The van der Waals surface area contributed by atoms with E-state index in [2.05, 4.69) is 10.0 Å². The summed E-state index contributed by atoms with van der Waals surface area (Å²) in [5.41, 5.74) is 9.71. The van der Waals surface area contributed by atoms with Crippen molar-refractivity contribution in [3.05, 3.63) is 82.2 Å². The van der Waals surface area contributed by atoms with E-state index in [0.29, 0.717) is 6.42 Å². The van der Waals surface area contributed by atoms with Crippen LogP contribution in [0.2, 0.25) is 19.6 Å². The number of morpholine rings is 1. The summed E-state index contributed by atoms with van der Waals surface area (Å²) in [4.78, 5) is 31.8. The van der Waals surface area contributed by atoms with Gasteiger partial charge in [-0.2, -0.15) is 0 Å². The first-order valence-electron chi connectivity index (χ1n) is 12.9. The molecule has 2 aromatic carbocycles. The van der Waals surface area contributed by atoms with Crippen LogP contribution in [0.1, 0.15) is 56.9 Å². The molecule has 1 heterocycles. The molecule has 2 aromatic rings. The van der Waals surface area contributed by atoms with Crippen LogP contribution in [0.25, 0.3) is 10.4 Å². The van der Waals surface area contributed by atoms with Crippen LogP contribution < -0.4 is 0 Å². The van der Waals surface area contributed by atoms with Crippen LogP contribution in [-0.4, -0.2) is 49.6 Å². The predicted octanol–water partition coefficient (Wildman–Crippen LogP) is 6.94. The molecule has 3 rings (SSSR count). The number of hydrogen-bond donors (Lipinski definition) is 0. The molecule has 0 unspecified atom stereocenters. The van der Waals surface area contributed by atoms with Gasteiger partial charge in [-0.15, -0.1) is 0 Å². The maximum atomic E-state index is 13.8. The zero-order valence-corrected chi connectivity index (χ0v) is 24.0. The van der Waals surface area contributed by atoms with E-state index in [1.165, 1.54) is 4.90 Å². The smallest absolute Gasteiger partial charge is 0.411 e. The van der Waals surface area contributed by atoms with Crippen LogP contribution in [-0.2, 0) is 18.7 Å². The molecule has 0 aliphatic carbocycles. The molecule has 204 valence electrons. The van der Waals surface area contributed by atoms with E-state index in [0.717, 1.165) is 11.1 Å². The van der Waals surface area contributed by atoms with Gasteiger partial charge in [-0.3, -0.25) is 4.90 Å². The van der Waals surface area contributed by atoms with Crippen molar-refractivity contribution in [2.45, 2.75) is 83.1 Å². The third kappa shape index (κ3) is 8.08. The summed E-state index contributed by atoms with van der Waals surface area (Å²) >= 11 is 0. The molecule has 0 spiro atoms. The minimum Gasteiger partial charge on any atom is -0.453 e. The Balaban J connectivity index is 2.04. The van der Waals surface area contributed by atoms with Gasteiger partial charge in [0.15, 0.2) is 14.4 Å². The number of carbonyl (C=O) groups is 2. The van der Waals surface area contributed by atoms with Crippen molar-refractivity contribution in [2.75, 3.05) is 6.54 Å². The number of esters is 1. The highest BCUT2D eigenvalue weighted by Crippen LogP contribution is 2.43. The van der Waals surface area contributed by atoms with Gasteiger partial charge in [0.1, 0.15) is 17.7 Å². The Bertz CT molecular complexity index is 1130. The predicted molar refractivity (Wildman–Crippen MR) is 148 cm³/mol. The van der Waals surface area contributed by atoms with E-state index in [1.807, 2.05) is 80.3 Å². The lowest BCUT2D eigenvalue weighted by Gasteiger charge is -2.45. The molecule has 9 nitrogen and oxygen atoms in total. The molecule has 1 fully saturated rings. The van der Waals surface area contributed by atoms with E-state index in [1.54, 1.807) is 20.8 Å². The van der Waals surface area contributed by atoms with Crippen molar-refractivity contribution >= 4 is 20.4 Å². The van der Waals surface area contributed by atoms with Crippen LogP contribution in [0.15, 0.2) is 65.8 Å². The van der Waals surface area contributed by atoms with Gasteiger partial charge in [0.25, 0.3) is 0 Å². The Morgan fingerprint density at radius 2 is 1.66 bits per heavy atom. The topological polar surface area (TPSA) is 114 Å². The second kappa shape index (κ2) is 12.5. The number of carbonyl (C=O) groups excluding carboxylic acids is 2. The average molecular weight is 539 g/mol. The van der Waals surface area contributed by atoms with Gasteiger partial charge in [0.2, 0.25) is 0 Å². The minimum absolute atomic E-state index is 0.143. The van der Waals surface area contributed by atoms with Gasteiger partial charge in [-0.25, -0.2) is 9.59 Å². The Morgan fingerprint density at radius 3 is 2.18 bits per heavy atom. The molecule has 0 N–H and O–H groups in total. The molecule has 0 radical (unpaired) electrons. The molecule has 1 amide bonds. The van der Waals surface area contributed by atoms with Crippen molar-refractivity contribution in [3.63, 3.8) is 0 Å². The third-order valence-corrected chi connectivity index (χ3v) is 6.98. The van der Waals surface area contributed by atoms with Crippen LogP contribution in [0.3, 0.4) is 0 Å². The number of hydrogen-bond acceptors (Lipinski definition) is 6. The largest absolute Gasteiger partial charge is 0.453 e. The van der Waals surface area contributed by atoms with E-state index < -0.39 is 44.2 Å². The van der Waals surface area contributed by atoms with Crippen molar-refractivity contribution in [2.24, 2.45) is 5.11 Å². The third-order valence-electron chi connectivity index (χ3n) is 5.94. The summed E-state index contributed by atoms with van der Waals surface area (Å²) in [5, 5.41) is 3.71. The molecular weight excluding hydrogens is 500 g/mol. The maximum absolute atomic E-state index is 13.8. The minimum atomic E-state index is -1.97. The molecule has 0 bridgehead atoms. The zero-order chi connectivity index (χ0) is 27.9. The monoisotopic (exact) mass is 538 g/mol. The van der Waals surface area contributed by atoms with Crippen molar-refractivity contribution < 1.29 is 23.5 Å². The first-order chi connectivity index (χ1) is 17.9. The first-order valence-corrected chi connectivity index (χ1v) is 16.3. The number of ether oxygens (including phenoxy) is 2. The Morgan fingerprint density at radius 1 is 1.08 bits per heavy atom. The standard InChI is InChI=1S/C28H38N4O5Si/c1-28(2,3)36-27(34)32-23(18-17-22(19-30-31-29)37-38(4,5)6)26(33)35-25(21-15-11-8-12-16-21)24(32)20-13-9-7-10-14-20/h7-16,22-25H,17-19H2,1-6H3/t22-,23+,24+,25-/m1/s1. The average Bonchev–Trinajstić information content (AvgIpc) is 2.84. The second-order valence-electron chi connectivity index (χ2n) is 11.4. The second-order valence-corrected chi connectivity index (χ2v) is 15.8. The van der Waals surface area contributed by atoms with Crippen molar-refractivity contribution in [1.82, 2.24) is 4.90 Å². The normalized spacial score (nSPS) is 20.7. The SMILES string of the molecule is CC(C)(C)OC(=O)N1[C@@H](CC[C@H](CN=[N+]=[N-])O[Si](C)(C)C)C(=O)O[C@H](c2ccccc2)[C@@H]1c1ccccc1. The fraction of sp³-hybridized carbons (Fsp3) is 0.500. The van der Waals surface area contributed by atoms with Gasteiger partial charge >= 0.3 is 12.1 Å². The van der Waals surface area contributed by atoms with Gasteiger partial charge < -0.3 is 13.9 Å². The molecule has 1 saturated heterocycles. The Hall–Kier alpha value is -3.33. The number of azide groups is 1. The number of cyclic esters (lactones) is 1. The summed E-state index contributed by atoms with van der Waals surface area (Å²) in [6.07, 6.45) is -1.02. The van der Waals surface area contributed by atoms with Gasteiger partial charge in [0, 0.05) is 4.91 Å². The molecule has 1 aliphatic heterocycles. The molecule has 38 heavy (non-hydrogen) atoms. The van der Waals surface area contributed by atoms with Gasteiger partial charge in [-0.05, 0) is 69.9 Å². The van der Waals surface area contributed by atoms with E-state index in [9.17, 15) is 9.59 Å². The first kappa shape index (κ1) is 29.2. The maximum Gasteiger partial charge on any atom is 0.411 e. The quantitative estimate of drug-likeness (QED) is 0.113. The van der Waals surface area contributed by atoms with Crippen LogP contribution >= 0.6 is 0 Å². The molecule has 0 saturated carbocycles. The summed E-state index contributed by atoms with van der Waals surface area (Å²) in [6, 6.07) is 17.5. The van der Waals surface area contributed by atoms with Crippen molar-refractivity contribution in [3.8, 4) is 0 Å². The van der Waals surface area contributed by atoms with Gasteiger partial charge in [-0.1, -0.05) is 65.8 Å². The van der Waals surface area contributed by atoms with Crippen molar-refractivity contribution in [1.29, 1.82) is 0 Å². The highest BCUT2D eigenvalue weighted by molar-refractivity contribution is 6.69. The highest BCUT2D eigenvalue weighted by Gasteiger charge is 2.49. The molecule has 4 atom stereocenters. The molecule has 1 aliphatic rings. The zero-order valence-electron chi connectivity index (χ0n) is 23.0. The molecular formula is C28H38N4O5Si. The van der Waals surface area contributed by atoms with Crippen LogP contribution in [0, 0.1) is 0 Å². The lowest BCUT2D eigenvalue weighted by molar-refractivity contribution is -0.175. The highest BCUT2D eigenvalue weighted by atomic mass is 28.4. The van der Waals surface area contributed by atoms with E-state index in [-0.39, 0.29) is 19.1 Å². The summed E-state index contributed by atoms with van der Waals surface area (Å²) in [6.45, 7) is 11.7. The fourth-order valence-corrected chi connectivity index (χ4v) is 5.76. The van der Waals surface area contributed by atoms with Crippen LogP contribution in [0.4, 0.5) is 4.79 Å². The summed E-state index contributed by atoms with van der Waals surface area (Å²) < 4.78 is 18.1. The number of rotatable bonds is 9. The number of benzene rings is 2. The Kier molecular flexibility index (Phi) is 9.59.